The van der Waals surface area contributed by atoms with Crippen LogP contribution in [0.4, 0.5) is 4.39 Å². The van der Waals surface area contributed by atoms with Crippen molar-refractivity contribution in [2.24, 2.45) is 10.7 Å². The predicted molar refractivity (Wildman–Crippen MR) is 108 cm³/mol. The molecule has 0 radical (unpaired) electrons. The Morgan fingerprint density at radius 2 is 1.86 bits per heavy atom. The molecule has 2 heterocycles. The molecule has 0 saturated carbocycles. The Morgan fingerprint density at radius 1 is 1.14 bits per heavy atom. The van der Waals surface area contributed by atoms with Crippen molar-refractivity contribution in [3.05, 3.63) is 35.6 Å². The molecule has 0 spiro atoms. The first-order chi connectivity index (χ1) is 13.7. The molecule has 8 heteroatoms. The molecule has 0 amide bonds. The Hall–Kier alpha value is -1.74. The molecule has 28 heavy (non-hydrogen) atoms. The molecule has 2 aliphatic rings. The summed E-state index contributed by atoms with van der Waals surface area (Å²) < 4.78 is 24.5. The van der Waals surface area contributed by atoms with E-state index in [9.17, 15) is 4.39 Å². The van der Waals surface area contributed by atoms with Gasteiger partial charge < -0.3 is 20.5 Å². The van der Waals surface area contributed by atoms with E-state index in [2.05, 4.69) is 20.1 Å². The summed E-state index contributed by atoms with van der Waals surface area (Å²) in [4.78, 5) is 9.22. The van der Waals surface area contributed by atoms with Gasteiger partial charge in [0, 0.05) is 32.7 Å². The van der Waals surface area contributed by atoms with Crippen LogP contribution in [0.3, 0.4) is 0 Å². The molecule has 2 saturated heterocycles. The molecule has 1 atom stereocenters. The maximum Gasteiger partial charge on any atom is 0.188 e. The zero-order valence-corrected chi connectivity index (χ0v) is 16.5. The van der Waals surface area contributed by atoms with Crippen molar-refractivity contribution in [2.75, 3.05) is 72.2 Å². The second kappa shape index (κ2) is 11.3. The van der Waals surface area contributed by atoms with Gasteiger partial charge in [0.2, 0.25) is 0 Å². The molecule has 3 rings (SSSR count). The minimum Gasteiger partial charge on any atom is -0.379 e. The topological polar surface area (TPSA) is 75.3 Å². The number of morpholine rings is 2. The van der Waals surface area contributed by atoms with Crippen molar-refractivity contribution in [1.29, 1.82) is 0 Å². The van der Waals surface area contributed by atoms with E-state index >= 15 is 0 Å². The number of benzene rings is 1. The van der Waals surface area contributed by atoms with Crippen LogP contribution in [-0.2, 0) is 9.47 Å². The fourth-order valence-corrected chi connectivity index (χ4v) is 3.62. The summed E-state index contributed by atoms with van der Waals surface area (Å²) in [6, 6.07) is 6.74. The molecular weight excluding hydrogens is 361 g/mol. The van der Waals surface area contributed by atoms with E-state index in [1.807, 2.05) is 6.07 Å². The van der Waals surface area contributed by atoms with Crippen molar-refractivity contribution >= 4 is 5.96 Å². The average Bonchev–Trinajstić information content (AvgIpc) is 2.73. The molecule has 1 aromatic rings. The molecule has 0 bridgehead atoms. The lowest BCUT2D eigenvalue weighted by molar-refractivity contribution is 0.0179. The average molecular weight is 394 g/mol. The molecule has 3 N–H and O–H groups in total. The number of hydrogen-bond acceptors (Lipinski definition) is 5. The van der Waals surface area contributed by atoms with Gasteiger partial charge in [0.15, 0.2) is 5.96 Å². The van der Waals surface area contributed by atoms with E-state index in [0.717, 1.165) is 64.5 Å². The monoisotopic (exact) mass is 393 g/mol. The van der Waals surface area contributed by atoms with E-state index in [0.29, 0.717) is 25.7 Å². The fourth-order valence-electron chi connectivity index (χ4n) is 3.62. The quantitative estimate of drug-likeness (QED) is 0.387. The zero-order valence-electron chi connectivity index (χ0n) is 16.5. The largest absolute Gasteiger partial charge is 0.379 e. The molecular formula is C20H32FN5O2. The van der Waals surface area contributed by atoms with Gasteiger partial charge in [0.05, 0.1) is 39.0 Å². The predicted octanol–water partition coefficient (Wildman–Crippen LogP) is 0.826. The van der Waals surface area contributed by atoms with Gasteiger partial charge in [-0.05, 0) is 30.7 Å². The Labute approximate surface area is 166 Å². The Kier molecular flexibility index (Phi) is 8.47. The third kappa shape index (κ3) is 6.70. The standard InChI is InChI=1S/C20H32FN5O2/c21-18-4-1-3-17(15-18)19(26-9-13-28-14-10-26)16-24-20(22)23-5-2-6-25-7-11-27-12-8-25/h1,3-4,15,19H,2,5-14,16H2,(H3,22,23,24). The number of halogens is 1. The molecule has 1 aromatic carbocycles. The van der Waals surface area contributed by atoms with Crippen LogP contribution in [0, 0.1) is 5.82 Å². The summed E-state index contributed by atoms with van der Waals surface area (Å²) in [5.41, 5.74) is 6.99. The molecule has 2 fully saturated rings. The van der Waals surface area contributed by atoms with E-state index < -0.39 is 0 Å². The smallest absolute Gasteiger partial charge is 0.188 e. The number of hydrogen-bond donors (Lipinski definition) is 2. The van der Waals surface area contributed by atoms with Gasteiger partial charge in [-0.15, -0.1) is 0 Å². The van der Waals surface area contributed by atoms with E-state index in [1.165, 1.54) is 6.07 Å². The third-order valence-corrected chi connectivity index (χ3v) is 5.22. The van der Waals surface area contributed by atoms with E-state index in [1.54, 1.807) is 12.1 Å². The number of nitrogens with zero attached hydrogens (tertiary/aromatic N) is 3. The highest BCUT2D eigenvalue weighted by Crippen LogP contribution is 2.23. The highest BCUT2D eigenvalue weighted by Gasteiger charge is 2.22. The van der Waals surface area contributed by atoms with Crippen LogP contribution >= 0.6 is 0 Å². The number of nitrogens with one attached hydrogen (secondary N) is 1. The summed E-state index contributed by atoms with van der Waals surface area (Å²) >= 11 is 0. The SMILES string of the molecule is NC(=NCC(c1cccc(F)c1)N1CCOCC1)NCCCN1CCOCC1. The lowest BCUT2D eigenvalue weighted by atomic mass is 10.0. The van der Waals surface area contributed by atoms with Gasteiger partial charge in [-0.3, -0.25) is 14.8 Å². The summed E-state index contributed by atoms with van der Waals surface area (Å²) in [5.74, 6) is 0.214. The van der Waals surface area contributed by atoms with Crippen molar-refractivity contribution in [3.8, 4) is 0 Å². The van der Waals surface area contributed by atoms with Crippen molar-refractivity contribution in [3.63, 3.8) is 0 Å². The normalized spacial score (nSPS) is 20.8. The highest BCUT2D eigenvalue weighted by molar-refractivity contribution is 5.77. The second-order valence-corrected chi connectivity index (χ2v) is 7.18. The number of nitrogens with two attached hydrogens (primary N) is 1. The highest BCUT2D eigenvalue weighted by atomic mass is 19.1. The third-order valence-electron chi connectivity index (χ3n) is 5.22. The Morgan fingerprint density at radius 3 is 2.57 bits per heavy atom. The van der Waals surface area contributed by atoms with Gasteiger partial charge in [-0.2, -0.15) is 0 Å². The van der Waals surface area contributed by atoms with E-state index in [4.69, 9.17) is 15.2 Å². The fraction of sp³-hybridized carbons (Fsp3) is 0.650. The second-order valence-electron chi connectivity index (χ2n) is 7.18. The molecule has 0 aliphatic carbocycles. The number of aliphatic imine (C=N–C) groups is 1. The lowest BCUT2D eigenvalue weighted by Crippen LogP contribution is -2.41. The molecule has 2 aliphatic heterocycles. The van der Waals surface area contributed by atoms with Gasteiger partial charge in [0.1, 0.15) is 5.82 Å². The minimum absolute atomic E-state index is 0.00620. The van der Waals surface area contributed by atoms with Crippen molar-refractivity contribution in [1.82, 2.24) is 15.1 Å². The molecule has 0 aromatic heterocycles. The van der Waals surface area contributed by atoms with Crippen molar-refractivity contribution in [2.45, 2.75) is 12.5 Å². The van der Waals surface area contributed by atoms with Crippen molar-refractivity contribution < 1.29 is 13.9 Å². The van der Waals surface area contributed by atoms with E-state index in [-0.39, 0.29) is 11.9 Å². The van der Waals surface area contributed by atoms with Crippen LogP contribution in [0.2, 0.25) is 0 Å². The van der Waals surface area contributed by atoms with Crippen LogP contribution in [0.1, 0.15) is 18.0 Å². The number of rotatable bonds is 8. The summed E-state index contributed by atoms with van der Waals surface area (Å²) in [5, 5.41) is 3.20. The Balaban J connectivity index is 1.49. The number of ether oxygens (including phenoxy) is 2. The van der Waals surface area contributed by atoms with Crippen LogP contribution in [-0.4, -0.2) is 88.0 Å². The van der Waals surface area contributed by atoms with Gasteiger partial charge in [-0.25, -0.2) is 4.39 Å². The maximum absolute atomic E-state index is 13.7. The maximum atomic E-state index is 13.7. The first-order valence-electron chi connectivity index (χ1n) is 10.1. The summed E-state index contributed by atoms with van der Waals surface area (Å²) in [6.07, 6.45) is 1.01. The first-order valence-corrected chi connectivity index (χ1v) is 10.1. The van der Waals surface area contributed by atoms with Crippen LogP contribution < -0.4 is 11.1 Å². The van der Waals surface area contributed by atoms with Crippen LogP contribution in [0.25, 0.3) is 0 Å². The molecule has 7 nitrogen and oxygen atoms in total. The van der Waals surface area contributed by atoms with Gasteiger partial charge >= 0.3 is 0 Å². The lowest BCUT2D eigenvalue weighted by Gasteiger charge is -2.34. The summed E-state index contributed by atoms with van der Waals surface area (Å²) in [6.45, 7) is 8.93. The van der Waals surface area contributed by atoms with Gasteiger partial charge in [0.25, 0.3) is 0 Å². The van der Waals surface area contributed by atoms with Crippen LogP contribution in [0.5, 0.6) is 0 Å². The molecule has 156 valence electrons. The minimum atomic E-state index is -0.228. The van der Waals surface area contributed by atoms with Crippen LogP contribution in [0.15, 0.2) is 29.3 Å². The summed E-state index contributed by atoms with van der Waals surface area (Å²) in [7, 11) is 0. The Bertz CT molecular complexity index is 618. The molecule has 1 unspecified atom stereocenters. The zero-order chi connectivity index (χ0) is 19.6. The number of guanidine groups is 1. The first kappa shape index (κ1) is 21.0. The van der Waals surface area contributed by atoms with Gasteiger partial charge in [-0.1, -0.05) is 12.1 Å².